The summed E-state index contributed by atoms with van der Waals surface area (Å²) < 4.78 is 38.0. The lowest BCUT2D eigenvalue weighted by Gasteiger charge is -2.25. The van der Waals surface area contributed by atoms with Crippen LogP contribution >= 0.6 is 0 Å². The predicted octanol–water partition coefficient (Wildman–Crippen LogP) is 4.90. The summed E-state index contributed by atoms with van der Waals surface area (Å²) in [5.41, 5.74) is 7.79. The molecule has 1 amide bonds. The van der Waals surface area contributed by atoms with Crippen LogP contribution in [-0.4, -0.2) is 73.9 Å². The van der Waals surface area contributed by atoms with Gasteiger partial charge in [0.2, 0.25) is 21.7 Å². The van der Waals surface area contributed by atoms with Crippen molar-refractivity contribution in [2.24, 2.45) is 17.6 Å². The molecule has 2 aromatic carbocycles. The topological polar surface area (TPSA) is 162 Å². The summed E-state index contributed by atoms with van der Waals surface area (Å²) in [5, 5.41) is 0. The molecule has 3 aromatic rings. The van der Waals surface area contributed by atoms with Gasteiger partial charge in [-0.2, -0.15) is 0 Å². The highest BCUT2D eigenvalue weighted by atomic mass is 32.2. The number of hydrogen-bond acceptors (Lipinski definition) is 9. The van der Waals surface area contributed by atoms with Crippen LogP contribution < -0.4 is 10.5 Å². The van der Waals surface area contributed by atoms with E-state index in [4.69, 9.17) is 14.9 Å². The molecule has 47 heavy (non-hydrogen) atoms. The Kier molecular flexibility index (Phi) is 11.8. The van der Waals surface area contributed by atoms with Gasteiger partial charge in [0.25, 0.3) is 5.89 Å². The fourth-order valence-electron chi connectivity index (χ4n) is 6.75. The predicted molar refractivity (Wildman–Crippen MR) is 179 cm³/mol. The van der Waals surface area contributed by atoms with Gasteiger partial charge in [0, 0.05) is 37.6 Å². The van der Waals surface area contributed by atoms with Crippen molar-refractivity contribution in [1.82, 2.24) is 9.88 Å². The molecule has 5 rings (SSSR count). The molecule has 2 aliphatic rings. The Hall–Kier alpha value is -3.61. The number of sulfonamides is 1. The van der Waals surface area contributed by atoms with E-state index in [0.29, 0.717) is 67.1 Å². The smallest absolute Gasteiger partial charge is 0.264 e. The molecule has 1 aromatic heterocycles. The third-order valence-corrected chi connectivity index (χ3v) is 9.77. The number of hydrogen-bond donors (Lipinski definition) is 2. The van der Waals surface area contributed by atoms with Crippen molar-refractivity contribution in [2.45, 2.75) is 82.8 Å². The number of nitrogens with one attached hydrogen (secondary N) is 1. The van der Waals surface area contributed by atoms with Gasteiger partial charge in [-0.3, -0.25) is 19.1 Å². The van der Waals surface area contributed by atoms with Crippen molar-refractivity contribution in [3.05, 3.63) is 60.0 Å². The summed E-state index contributed by atoms with van der Waals surface area (Å²) in [5.74, 6) is -0.992. The number of oxazole rings is 1. The van der Waals surface area contributed by atoms with Gasteiger partial charge in [0.15, 0.2) is 11.4 Å². The molecule has 0 bridgehead atoms. The number of aromatic nitrogens is 1. The van der Waals surface area contributed by atoms with E-state index in [1.807, 2.05) is 6.07 Å². The lowest BCUT2D eigenvalue weighted by Crippen LogP contribution is -2.42. The van der Waals surface area contributed by atoms with Gasteiger partial charge in [-0.1, -0.05) is 49.9 Å². The van der Waals surface area contributed by atoms with Crippen molar-refractivity contribution < 1.29 is 32.0 Å². The number of carbonyl (C=O) groups is 3. The molecular formula is C35H46N4O7S. The number of nitrogens with two attached hydrogens (primary N) is 1. The number of Topliss-reactive ketones (excluding diaryl/α,β-unsaturated/α-hetero) is 2. The molecule has 0 unspecified atom stereocenters. The van der Waals surface area contributed by atoms with Gasteiger partial charge in [0.1, 0.15) is 5.52 Å². The average molecular weight is 667 g/mol. The quantitative estimate of drug-likeness (QED) is 0.160. The zero-order valence-corrected chi connectivity index (χ0v) is 27.9. The first kappa shape index (κ1) is 34.7. The Morgan fingerprint density at radius 2 is 1.87 bits per heavy atom. The number of nitrogens with zero attached hydrogens (tertiary/aromatic N) is 2. The Morgan fingerprint density at radius 1 is 1.09 bits per heavy atom. The van der Waals surface area contributed by atoms with Crippen LogP contribution in [0.3, 0.4) is 0 Å². The number of rotatable bonds is 16. The highest BCUT2D eigenvalue weighted by Crippen LogP contribution is 2.30. The Morgan fingerprint density at radius 3 is 2.62 bits per heavy atom. The van der Waals surface area contributed by atoms with E-state index in [2.05, 4.69) is 9.71 Å². The minimum absolute atomic E-state index is 0.0137. The van der Waals surface area contributed by atoms with Gasteiger partial charge in [-0.15, -0.1) is 0 Å². The second kappa shape index (κ2) is 16.0. The molecule has 1 aliphatic carbocycles. The van der Waals surface area contributed by atoms with E-state index in [-0.39, 0.29) is 48.9 Å². The molecule has 12 heteroatoms. The molecule has 1 saturated heterocycles. The summed E-state index contributed by atoms with van der Waals surface area (Å²) in [6.07, 6.45) is 8.76. The van der Waals surface area contributed by atoms with Gasteiger partial charge >= 0.3 is 0 Å². The number of likely N-dealkylation sites (tertiary alicyclic amines) is 1. The van der Waals surface area contributed by atoms with Crippen LogP contribution in [-0.2, 0) is 30.8 Å². The summed E-state index contributed by atoms with van der Waals surface area (Å²) in [7, 11) is -3.49. The van der Waals surface area contributed by atoms with E-state index in [1.54, 1.807) is 47.4 Å². The first-order valence-electron chi connectivity index (χ1n) is 16.7. The number of amides is 1. The molecule has 2 heterocycles. The molecule has 11 nitrogen and oxygen atoms in total. The van der Waals surface area contributed by atoms with Crippen LogP contribution in [0.4, 0.5) is 5.69 Å². The maximum absolute atomic E-state index is 14.1. The maximum Gasteiger partial charge on any atom is 0.264 e. The summed E-state index contributed by atoms with van der Waals surface area (Å²) in [6.45, 7) is 1.36. The Balaban J connectivity index is 1.33. The van der Waals surface area contributed by atoms with Crippen LogP contribution in [0.1, 0.15) is 80.5 Å². The molecule has 1 aliphatic heterocycles. The van der Waals surface area contributed by atoms with Gasteiger partial charge in [-0.05, 0) is 68.0 Å². The maximum atomic E-state index is 14.1. The highest BCUT2D eigenvalue weighted by Gasteiger charge is 2.41. The van der Waals surface area contributed by atoms with Crippen LogP contribution in [0.2, 0.25) is 0 Å². The molecule has 3 atom stereocenters. The zero-order chi connectivity index (χ0) is 33.4. The third-order valence-electron chi connectivity index (χ3n) is 9.16. The van der Waals surface area contributed by atoms with E-state index in [0.717, 1.165) is 19.1 Å². The Labute approximate surface area is 276 Å². The average Bonchev–Trinajstić information content (AvgIpc) is 3.68. The Bertz CT molecular complexity index is 1620. The lowest BCUT2D eigenvalue weighted by molar-refractivity contribution is -0.137. The third kappa shape index (κ3) is 9.71. The number of fused-ring (bicyclic) bond motifs is 1. The monoisotopic (exact) mass is 666 g/mol. The highest BCUT2D eigenvalue weighted by molar-refractivity contribution is 7.92. The van der Waals surface area contributed by atoms with Crippen LogP contribution in [0.15, 0.2) is 52.9 Å². The molecule has 0 radical (unpaired) electrons. The number of unbranched alkanes of at least 4 members (excludes halogenated alkanes) is 1. The number of benzene rings is 2. The normalized spacial score (nSPS) is 19.6. The fraction of sp³-hybridized carbons (Fsp3) is 0.543. The lowest BCUT2D eigenvalue weighted by atomic mass is 9.89. The minimum atomic E-state index is -3.49. The fourth-order valence-corrected chi connectivity index (χ4v) is 7.31. The van der Waals surface area contributed by atoms with Gasteiger partial charge < -0.3 is 19.8 Å². The van der Waals surface area contributed by atoms with Crippen molar-refractivity contribution in [3.63, 3.8) is 0 Å². The molecule has 1 saturated carbocycles. The molecule has 254 valence electrons. The number of ketones is 2. The standard InChI is InChI=1S/C35H46N4O7S/c1-47(43,44)38-27-14-9-12-25(18-27)19-33(41)39-22-28(45-23-24-10-3-2-4-11-24)21-30(39)31(40)20-26(13-7-8-17-36)34(42)35-37-29-15-5-6-16-32(29)46-35/h5-6,9,12,14-16,18,24,26,28,30,38H,2-4,7-8,10-11,13,17,19-23,36H2,1H3/t26-,28-,30+/m1/s1. The minimum Gasteiger partial charge on any atom is -0.434 e. The van der Waals surface area contributed by atoms with Gasteiger partial charge in [-0.25, -0.2) is 13.4 Å². The van der Waals surface area contributed by atoms with Crippen LogP contribution in [0, 0.1) is 11.8 Å². The van der Waals surface area contributed by atoms with E-state index in [1.165, 1.54) is 19.3 Å². The number of anilines is 1. The molecular weight excluding hydrogens is 620 g/mol. The number of carbonyl (C=O) groups excluding carboxylic acids is 3. The molecule has 3 N–H and O–H groups in total. The van der Waals surface area contributed by atoms with Crippen molar-refractivity contribution >= 4 is 44.3 Å². The zero-order valence-electron chi connectivity index (χ0n) is 27.1. The first-order valence-corrected chi connectivity index (χ1v) is 18.6. The SMILES string of the molecule is CS(=O)(=O)Nc1cccc(CC(=O)N2C[C@H](OCC3CCCCC3)C[C@H]2C(=O)C[C@@H](CCCCN)C(=O)c2nc3ccccc3o2)c1. The van der Waals surface area contributed by atoms with Crippen molar-refractivity contribution in [1.29, 1.82) is 0 Å². The number of para-hydroxylation sites is 2. The van der Waals surface area contributed by atoms with Crippen molar-refractivity contribution in [3.8, 4) is 0 Å². The van der Waals surface area contributed by atoms with Crippen molar-refractivity contribution in [2.75, 3.05) is 30.7 Å². The molecule has 0 spiro atoms. The van der Waals surface area contributed by atoms with Gasteiger partial charge in [0.05, 0.1) is 24.8 Å². The van der Waals surface area contributed by atoms with E-state index in [9.17, 15) is 22.8 Å². The largest absolute Gasteiger partial charge is 0.434 e. The summed E-state index contributed by atoms with van der Waals surface area (Å²) in [4.78, 5) is 47.5. The first-order chi connectivity index (χ1) is 22.6. The molecule has 2 fully saturated rings. The van der Waals surface area contributed by atoms with Crippen LogP contribution in [0.5, 0.6) is 0 Å². The summed E-state index contributed by atoms with van der Waals surface area (Å²) >= 11 is 0. The summed E-state index contributed by atoms with van der Waals surface area (Å²) in [6, 6.07) is 13.1. The van der Waals surface area contributed by atoms with Crippen LogP contribution in [0.25, 0.3) is 11.1 Å². The van der Waals surface area contributed by atoms with E-state index < -0.39 is 22.0 Å². The number of ether oxygens (including phenoxy) is 1. The van der Waals surface area contributed by atoms with E-state index >= 15 is 0 Å². The second-order valence-corrected chi connectivity index (χ2v) is 14.8. The second-order valence-electron chi connectivity index (χ2n) is 13.0.